The summed E-state index contributed by atoms with van der Waals surface area (Å²) in [5.74, 6) is -2.01. The third-order valence-electron chi connectivity index (χ3n) is 2.20. The van der Waals surface area contributed by atoms with Gasteiger partial charge in [-0.25, -0.2) is 0 Å². The molecule has 0 aliphatic rings. The quantitative estimate of drug-likeness (QED) is 0.649. The number of nitriles is 1. The summed E-state index contributed by atoms with van der Waals surface area (Å²) in [6.07, 6.45) is 0. The van der Waals surface area contributed by atoms with Crippen molar-refractivity contribution in [1.29, 1.82) is 5.26 Å². The number of hydrogen-bond donors (Lipinski definition) is 1. The smallest absolute Gasteiger partial charge is 0.304 e. The minimum absolute atomic E-state index is 0.0248. The highest BCUT2D eigenvalue weighted by atomic mass is 19.1. The van der Waals surface area contributed by atoms with Crippen LogP contribution in [-0.4, -0.2) is 17.4 Å². The Bertz CT molecular complexity index is 525. The van der Waals surface area contributed by atoms with E-state index in [0.717, 1.165) is 18.2 Å². The van der Waals surface area contributed by atoms with Gasteiger partial charge >= 0.3 is 5.69 Å². The summed E-state index contributed by atoms with van der Waals surface area (Å²) in [6, 6.07) is 4.81. The minimum Gasteiger partial charge on any atom is -0.351 e. The first kappa shape index (κ1) is 13.6. The number of nitro groups is 1. The summed E-state index contributed by atoms with van der Waals surface area (Å²) >= 11 is 0. The molecule has 0 bridgehead atoms. The number of amides is 1. The van der Waals surface area contributed by atoms with Gasteiger partial charge in [-0.3, -0.25) is 14.9 Å². The topological polar surface area (TPSA) is 96.0 Å². The Morgan fingerprint density at radius 1 is 1.67 bits per heavy atom. The minimum atomic E-state index is -1.07. The fourth-order valence-electron chi connectivity index (χ4n) is 1.19. The molecule has 0 aromatic heterocycles. The molecule has 0 saturated carbocycles. The monoisotopic (exact) mass is 251 g/mol. The molecule has 7 heteroatoms. The molecular weight excluding hydrogens is 241 g/mol. The average molecular weight is 251 g/mol. The number of nitrogens with one attached hydrogen (secondary N) is 1. The SMILES string of the molecule is CC(C#N)CNC(=O)c1ccc([N+](=O)[O-])c(F)c1. The van der Waals surface area contributed by atoms with E-state index in [0.29, 0.717) is 0 Å². The highest BCUT2D eigenvalue weighted by molar-refractivity contribution is 5.94. The molecule has 1 N–H and O–H groups in total. The van der Waals surface area contributed by atoms with Gasteiger partial charge in [-0.1, -0.05) is 0 Å². The number of benzene rings is 1. The number of rotatable bonds is 4. The van der Waals surface area contributed by atoms with E-state index in [1.165, 1.54) is 0 Å². The molecule has 94 valence electrons. The fraction of sp³-hybridized carbons (Fsp3) is 0.273. The van der Waals surface area contributed by atoms with Gasteiger partial charge in [-0.15, -0.1) is 0 Å². The molecule has 1 aromatic carbocycles. The van der Waals surface area contributed by atoms with Crippen LogP contribution in [0.15, 0.2) is 18.2 Å². The van der Waals surface area contributed by atoms with E-state index >= 15 is 0 Å². The zero-order chi connectivity index (χ0) is 13.7. The van der Waals surface area contributed by atoms with Gasteiger partial charge in [0.15, 0.2) is 0 Å². The van der Waals surface area contributed by atoms with Gasteiger partial charge in [0.05, 0.1) is 16.9 Å². The van der Waals surface area contributed by atoms with Crippen LogP contribution < -0.4 is 5.32 Å². The van der Waals surface area contributed by atoms with Crippen molar-refractivity contribution in [2.45, 2.75) is 6.92 Å². The van der Waals surface area contributed by atoms with E-state index < -0.39 is 22.3 Å². The van der Waals surface area contributed by atoms with E-state index in [1.54, 1.807) is 6.92 Å². The molecule has 6 nitrogen and oxygen atoms in total. The van der Waals surface area contributed by atoms with Crippen LogP contribution in [0.1, 0.15) is 17.3 Å². The first-order valence-corrected chi connectivity index (χ1v) is 5.07. The Hall–Kier alpha value is -2.49. The molecule has 0 heterocycles. The molecule has 0 fully saturated rings. The first-order valence-electron chi connectivity index (χ1n) is 5.07. The predicted molar refractivity (Wildman–Crippen MR) is 60.2 cm³/mol. The van der Waals surface area contributed by atoms with Crippen molar-refractivity contribution in [2.24, 2.45) is 5.92 Å². The lowest BCUT2D eigenvalue weighted by molar-refractivity contribution is -0.387. The van der Waals surface area contributed by atoms with Crippen molar-refractivity contribution < 1.29 is 14.1 Å². The van der Waals surface area contributed by atoms with Crippen LogP contribution >= 0.6 is 0 Å². The molecule has 0 spiro atoms. The van der Waals surface area contributed by atoms with Gasteiger partial charge < -0.3 is 5.32 Å². The molecule has 1 atom stereocenters. The van der Waals surface area contributed by atoms with Crippen LogP contribution in [0.2, 0.25) is 0 Å². The first-order chi connectivity index (χ1) is 8.45. The number of carbonyl (C=O) groups is 1. The molecule has 1 aromatic rings. The Labute approximate surface area is 102 Å². The maximum Gasteiger partial charge on any atom is 0.304 e. The largest absolute Gasteiger partial charge is 0.351 e. The molecule has 0 saturated heterocycles. The zero-order valence-electron chi connectivity index (χ0n) is 9.51. The second kappa shape index (κ2) is 5.72. The maximum atomic E-state index is 13.3. The second-order valence-corrected chi connectivity index (χ2v) is 3.66. The number of nitro benzene ring substituents is 1. The van der Waals surface area contributed by atoms with Gasteiger partial charge in [0, 0.05) is 18.2 Å². The molecule has 1 rings (SSSR count). The van der Waals surface area contributed by atoms with E-state index in [2.05, 4.69) is 5.32 Å². The third kappa shape index (κ3) is 3.25. The summed E-state index contributed by atoms with van der Waals surface area (Å²) in [5.41, 5.74) is -0.708. The van der Waals surface area contributed by atoms with Crippen LogP contribution in [0.5, 0.6) is 0 Å². The highest BCUT2D eigenvalue weighted by Crippen LogP contribution is 2.17. The molecule has 1 unspecified atom stereocenters. The van der Waals surface area contributed by atoms with Gasteiger partial charge in [0.2, 0.25) is 5.82 Å². The lowest BCUT2D eigenvalue weighted by atomic mass is 10.1. The molecule has 1 amide bonds. The van der Waals surface area contributed by atoms with Gasteiger partial charge in [0.1, 0.15) is 0 Å². The predicted octanol–water partition coefficient (Wildman–Crippen LogP) is 1.62. The molecule has 0 aliphatic carbocycles. The van der Waals surface area contributed by atoms with Crippen LogP contribution in [-0.2, 0) is 0 Å². The highest BCUT2D eigenvalue weighted by Gasteiger charge is 2.16. The Balaban J connectivity index is 2.79. The van der Waals surface area contributed by atoms with Crippen molar-refractivity contribution in [3.05, 3.63) is 39.7 Å². The maximum absolute atomic E-state index is 13.3. The van der Waals surface area contributed by atoms with Crippen molar-refractivity contribution in [2.75, 3.05) is 6.54 Å². The van der Waals surface area contributed by atoms with E-state index in [9.17, 15) is 19.3 Å². The number of nitrogens with zero attached hydrogens (tertiary/aromatic N) is 2. The van der Waals surface area contributed by atoms with E-state index in [-0.39, 0.29) is 18.0 Å². The van der Waals surface area contributed by atoms with Crippen LogP contribution in [0.3, 0.4) is 0 Å². The number of halogens is 1. The molecular formula is C11H10FN3O3. The second-order valence-electron chi connectivity index (χ2n) is 3.66. The van der Waals surface area contributed by atoms with E-state index in [4.69, 9.17) is 5.26 Å². The zero-order valence-corrected chi connectivity index (χ0v) is 9.51. The van der Waals surface area contributed by atoms with Crippen molar-refractivity contribution in [3.8, 4) is 6.07 Å². The normalized spacial score (nSPS) is 11.4. The van der Waals surface area contributed by atoms with E-state index in [1.807, 2.05) is 6.07 Å². The summed E-state index contributed by atoms with van der Waals surface area (Å²) < 4.78 is 13.3. The summed E-state index contributed by atoms with van der Waals surface area (Å²) in [6.45, 7) is 1.75. The van der Waals surface area contributed by atoms with Crippen molar-refractivity contribution in [1.82, 2.24) is 5.32 Å². The van der Waals surface area contributed by atoms with Gasteiger partial charge in [-0.2, -0.15) is 9.65 Å². The average Bonchev–Trinajstić information content (AvgIpc) is 2.34. The lowest BCUT2D eigenvalue weighted by Crippen LogP contribution is -2.27. The Morgan fingerprint density at radius 3 is 2.83 bits per heavy atom. The van der Waals surface area contributed by atoms with Gasteiger partial charge in [-0.05, 0) is 19.1 Å². The fourth-order valence-corrected chi connectivity index (χ4v) is 1.19. The lowest BCUT2D eigenvalue weighted by Gasteiger charge is -2.06. The van der Waals surface area contributed by atoms with Gasteiger partial charge in [0.25, 0.3) is 5.91 Å². The molecule has 18 heavy (non-hydrogen) atoms. The molecule has 0 aliphatic heterocycles. The summed E-state index contributed by atoms with van der Waals surface area (Å²) in [5, 5.41) is 21.3. The third-order valence-corrected chi connectivity index (χ3v) is 2.20. The number of carbonyl (C=O) groups excluding carboxylic acids is 1. The Morgan fingerprint density at radius 2 is 2.33 bits per heavy atom. The standard InChI is InChI=1S/C11H10FN3O3/c1-7(5-13)6-14-11(16)8-2-3-10(15(17)18)9(12)4-8/h2-4,7H,6H2,1H3,(H,14,16). The Kier molecular flexibility index (Phi) is 4.32. The van der Waals surface area contributed by atoms with Crippen molar-refractivity contribution >= 4 is 11.6 Å². The van der Waals surface area contributed by atoms with Crippen LogP contribution in [0.25, 0.3) is 0 Å². The number of hydrogen-bond acceptors (Lipinski definition) is 4. The van der Waals surface area contributed by atoms with Crippen LogP contribution in [0, 0.1) is 33.2 Å². The molecule has 0 radical (unpaired) electrons. The van der Waals surface area contributed by atoms with Crippen LogP contribution in [0.4, 0.5) is 10.1 Å². The summed E-state index contributed by atoms with van der Waals surface area (Å²) in [7, 11) is 0. The van der Waals surface area contributed by atoms with Crippen molar-refractivity contribution in [3.63, 3.8) is 0 Å². The summed E-state index contributed by atoms with van der Waals surface area (Å²) in [4.78, 5) is 21.1.